The first-order valence-corrected chi connectivity index (χ1v) is 22.7. The van der Waals surface area contributed by atoms with Crippen LogP contribution < -0.4 is 5.32 Å². The molecular formula is C54H83NO3. The second-order valence-electron chi connectivity index (χ2n) is 14.4. The van der Waals surface area contributed by atoms with E-state index in [4.69, 9.17) is 0 Å². The zero-order chi connectivity index (χ0) is 42.1. The van der Waals surface area contributed by atoms with Gasteiger partial charge in [-0.2, -0.15) is 0 Å². The highest BCUT2D eigenvalue weighted by Crippen LogP contribution is 2.10. The van der Waals surface area contributed by atoms with Crippen molar-refractivity contribution in [2.24, 2.45) is 0 Å². The summed E-state index contributed by atoms with van der Waals surface area (Å²) >= 11 is 0. The van der Waals surface area contributed by atoms with Gasteiger partial charge in [0, 0.05) is 6.42 Å². The first-order valence-electron chi connectivity index (χ1n) is 22.7. The second-order valence-corrected chi connectivity index (χ2v) is 14.4. The summed E-state index contributed by atoms with van der Waals surface area (Å²) < 4.78 is 0. The average Bonchev–Trinajstić information content (AvgIpc) is 3.23. The molecule has 0 bridgehead atoms. The summed E-state index contributed by atoms with van der Waals surface area (Å²) in [5.74, 6) is -0.105. The highest BCUT2D eigenvalue weighted by atomic mass is 16.3. The van der Waals surface area contributed by atoms with E-state index in [-0.39, 0.29) is 12.5 Å². The van der Waals surface area contributed by atoms with Gasteiger partial charge in [-0.3, -0.25) is 4.79 Å². The molecule has 0 aromatic heterocycles. The Morgan fingerprint density at radius 3 is 1.21 bits per heavy atom. The third-order valence-electron chi connectivity index (χ3n) is 9.07. The predicted octanol–water partition coefficient (Wildman–Crippen LogP) is 14.7. The fraction of sp³-hybridized carbons (Fsp3) is 0.500. The van der Waals surface area contributed by atoms with Crippen molar-refractivity contribution in [2.75, 3.05) is 6.61 Å². The lowest BCUT2D eigenvalue weighted by atomic mass is 10.1. The number of nitrogens with one attached hydrogen (secondary N) is 1. The van der Waals surface area contributed by atoms with Gasteiger partial charge in [-0.25, -0.2) is 0 Å². The summed E-state index contributed by atoms with van der Waals surface area (Å²) in [5, 5.41) is 22.8. The first-order chi connectivity index (χ1) is 28.7. The van der Waals surface area contributed by atoms with Crippen LogP contribution in [0.25, 0.3) is 0 Å². The van der Waals surface area contributed by atoms with E-state index in [1.165, 1.54) is 19.3 Å². The van der Waals surface area contributed by atoms with E-state index in [0.717, 1.165) is 116 Å². The van der Waals surface area contributed by atoms with Gasteiger partial charge in [-0.1, -0.05) is 191 Å². The van der Waals surface area contributed by atoms with Crippen LogP contribution >= 0.6 is 0 Å². The van der Waals surface area contributed by atoms with Crippen molar-refractivity contribution in [1.29, 1.82) is 0 Å². The minimum atomic E-state index is -0.885. The summed E-state index contributed by atoms with van der Waals surface area (Å²) in [4.78, 5) is 12.3. The number of carbonyl (C=O) groups excluding carboxylic acids is 1. The van der Waals surface area contributed by atoms with Crippen molar-refractivity contribution in [3.8, 4) is 0 Å². The number of rotatable bonds is 38. The molecule has 58 heavy (non-hydrogen) atoms. The maximum atomic E-state index is 12.3. The average molecular weight is 794 g/mol. The molecule has 3 N–H and O–H groups in total. The molecule has 0 aliphatic rings. The van der Waals surface area contributed by atoms with E-state index in [2.05, 4.69) is 158 Å². The number of aliphatic hydroxyl groups is 2. The fourth-order valence-electron chi connectivity index (χ4n) is 5.65. The van der Waals surface area contributed by atoms with Crippen LogP contribution in [0.5, 0.6) is 0 Å². The Kier molecular flexibility index (Phi) is 44.1. The van der Waals surface area contributed by atoms with Crippen LogP contribution in [-0.2, 0) is 4.79 Å². The molecule has 322 valence electrons. The Labute approximate surface area is 356 Å². The number of allylic oxidation sites excluding steroid dienone is 25. The monoisotopic (exact) mass is 794 g/mol. The quantitative estimate of drug-likeness (QED) is 0.0431. The maximum Gasteiger partial charge on any atom is 0.220 e. The summed E-state index contributed by atoms with van der Waals surface area (Å²) in [7, 11) is 0. The molecule has 0 aliphatic carbocycles. The van der Waals surface area contributed by atoms with Crippen molar-refractivity contribution in [3.05, 3.63) is 158 Å². The number of unbranched alkanes of at least 4 members (excludes halogenated alkanes) is 8. The molecule has 0 aliphatic heterocycles. The molecule has 0 rings (SSSR count). The van der Waals surface area contributed by atoms with Gasteiger partial charge in [-0.05, 0) is 116 Å². The largest absolute Gasteiger partial charge is 0.394 e. The molecule has 2 atom stereocenters. The summed E-state index contributed by atoms with van der Waals surface area (Å²) in [5.41, 5.74) is 0. The summed E-state index contributed by atoms with van der Waals surface area (Å²) in [6.45, 7) is 3.91. The molecule has 0 radical (unpaired) electrons. The highest BCUT2D eigenvalue weighted by Gasteiger charge is 2.17. The summed E-state index contributed by atoms with van der Waals surface area (Å²) in [6.07, 6.45) is 78.1. The van der Waals surface area contributed by atoms with Crippen LogP contribution in [0.15, 0.2) is 158 Å². The van der Waals surface area contributed by atoms with Crippen molar-refractivity contribution >= 4 is 5.91 Å². The third-order valence-corrected chi connectivity index (χ3v) is 9.07. The lowest BCUT2D eigenvalue weighted by Crippen LogP contribution is -2.45. The molecule has 0 fully saturated rings. The fourth-order valence-corrected chi connectivity index (χ4v) is 5.65. The minimum Gasteiger partial charge on any atom is -0.394 e. The lowest BCUT2D eigenvalue weighted by Gasteiger charge is -2.19. The van der Waals surface area contributed by atoms with Gasteiger partial charge in [0.05, 0.1) is 18.8 Å². The first kappa shape index (κ1) is 54.0. The molecule has 0 aromatic rings. The maximum absolute atomic E-state index is 12.3. The highest BCUT2D eigenvalue weighted by molar-refractivity contribution is 5.76. The second kappa shape index (κ2) is 47.4. The lowest BCUT2D eigenvalue weighted by molar-refractivity contribution is -0.123. The van der Waals surface area contributed by atoms with E-state index in [1.54, 1.807) is 6.08 Å². The van der Waals surface area contributed by atoms with Crippen LogP contribution in [0.2, 0.25) is 0 Å². The van der Waals surface area contributed by atoms with Gasteiger partial charge in [0.25, 0.3) is 0 Å². The molecule has 0 saturated carbocycles. The normalized spacial score (nSPS) is 14.5. The van der Waals surface area contributed by atoms with Crippen LogP contribution in [0.4, 0.5) is 0 Å². The van der Waals surface area contributed by atoms with E-state index in [0.29, 0.717) is 6.42 Å². The molecule has 1 amide bonds. The molecule has 0 spiro atoms. The molecule has 0 saturated heterocycles. The van der Waals surface area contributed by atoms with Crippen LogP contribution in [0, 0.1) is 0 Å². The summed E-state index contributed by atoms with van der Waals surface area (Å²) in [6, 6.07) is -0.663. The number of hydrogen-bond acceptors (Lipinski definition) is 3. The van der Waals surface area contributed by atoms with Gasteiger partial charge in [0.15, 0.2) is 0 Å². The van der Waals surface area contributed by atoms with Crippen molar-refractivity contribution in [3.63, 3.8) is 0 Å². The SMILES string of the molecule is C/C=C/CC/C=C/CC/C=C/C(O)C(CO)NC(=O)CCCCCCCC/C=C\C/C=C\C/C=C\C/C=C\C/C=C\C/C=C\C/C=C\C/C=C\C/C=C\C/C=C\CC. The smallest absolute Gasteiger partial charge is 0.220 e. The minimum absolute atomic E-state index is 0.105. The molecule has 2 unspecified atom stereocenters. The number of amides is 1. The zero-order valence-corrected chi connectivity index (χ0v) is 36.7. The van der Waals surface area contributed by atoms with Crippen LogP contribution in [0.1, 0.15) is 155 Å². The number of aliphatic hydroxyl groups excluding tert-OH is 2. The standard InChI is InChI=1S/C54H83NO3/c1-3-5-7-9-11-13-14-15-16-17-18-19-20-21-22-23-24-25-26-27-28-29-30-31-32-33-34-35-36-37-38-39-40-42-44-46-48-50-54(58)55-52(51-56)53(57)49-47-45-43-41-12-10-8-6-4-2/h4-7,11-13,15-16,18-19,21-22,24-25,27-28,30-31,33-34,36-37,41,47,49,52-53,56-57H,3,8-10,14,17,20,23,26,29,32,35,38-40,42-46,48,50-51H2,1-2H3,(H,55,58)/b6-4+,7-5-,13-11-,16-15-,19-18-,22-21-,25-24-,28-27-,31-30-,34-33-,37-36-,41-12+,49-47+. The zero-order valence-electron chi connectivity index (χ0n) is 36.7. The third kappa shape index (κ3) is 43.1. The molecule has 4 nitrogen and oxygen atoms in total. The number of carbonyl (C=O) groups is 1. The van der Waals surface area contributed by atoms with E-state index < -0.39 is 12.1 Å². The van der Waals surface area contributed by atoms with E-state index >= 15 is 0 Å². The van der Waals surface area contributed by atoms with Crippen molar-refractivity contribution in [2.45, 2.75) is 167 Å². The number of hydrogen-bond donors (Lipinski definition) is 3. The van der Waals surface area contributed by atoms with Gasteiger partial charge in [-0.15, -0.1) is 0 Å². The molecule has 0 aromatic carbocycles. The molecular weight excluding hydrogens is 711 g/mol. The van der Waals surface area contributed by atoms with E-state index in [9.17, 15) is 15.0 Å². The van der Waals surface area contributed by atoms with Crippen LogP contribution in [-0.4, -0.2) is 34.9 Å². The molecule has 4 heteroatoms. The Balaban J connectivity index is 3.71. The van der Waals surface area contributed by atoms with Gasteiger partial charge < -0.3 is 15.5 Å². The van der Waals surface area contributed by atoms with Gasteiger partial charge in [0.2, 0.25) is 5.91 Å². The Hall–Kier alpha value is -3.99. The van der Waals surface area contributed by atoms with Crippen LogP contribution in [0.3, 0.4) is 0 Å². The topological polar surface area (TPSA) is 69.6 Å². The van der Waals surface area contributed by atoms with E-state index in [1.807, 2.05) is 13.0 Å². The Morgan fingerprint density at radius 2 is 0.793 bits per heavy atom. The predicted molar refractivity (Wildman–Crippen MR) is 257 cm³/mol. The van der Waals surface area contributed by atoms with Crippen molar-refractivity contribution < 1.29 is 15.0 Å². The van der Waals surface area contributed by atoms with Crippen molar-refractivity contribution in [1.82, 2.24) is 5.32 Å². The van der Waals surface area contributed by atoms with Gasteiger partial charge >= 0.3 is 0 Å². The van der Waals surface area contributed by atoms with Gasteiger partial charge in [0.1, 0.15) is 0 Å². The Bertz CT molecular complexity index is 1310. The Morgan fingerprint density at radius 1 is 0.448 bits per heavy atom. The molecule has 0 heterocycles.